The Balaban J connectivity index is 0.00000338. The van der Waals surface area contributed by atoms with Gasteiger partial charge in [0, 0.05) is 40.3 Å². The van der Waals surface area contributed by atoms with Gasteiger partial charge >= 0.3 is 0 Å². The van der Waals surface area contributed by atoms with Crippen molar-refractivity contribution in [2.24, 2.45) is 4.99 Å². The molecule has 3 N–H and O–H groups in total. The van der Waals surface area contributed by atoms with Crippen molar-refractivity contribution in [3.8, 4) is 11.6 Å². The number of guanidine groups is 1. The van der Waals surface area contributed by atoms with Gasteiger partial charge in [0.25, 0.3) is 0 Å². The number of hydrogen-bond acceptors (Lipinski definition) is 6. The second-order valence-electron chi connectivity index (χ2n) is 5.22. The van der Waals surface area contributed by atoms with E-state index in [9.17, 15) is 0 Å². The van der Waals surface area contributed by atoms with Gasteiger partial charge in [0.05, 0.1) is 19.5 Å². The van der Waals surface area contributed by atoms with Gasteiger partial charge in [-0.05, 0) is 18.6 Å². The molecule has 0 unspecified atom stereocenters. The maximum absolute atomic E-state index is 5.41. The number of aromatic amines is 1. The summed E-state index contributed by atoms with van der Waals surface area (Å²) in [5.41, 5.74) is 0. The van der Waals surface area contributed by atoms with E-state index >= 15 is 0 Å². The van der Waals surface area contributed by atoms with Crippen molar-refractivity contribution in [3.63, 3.8) is 0 Å². The molecule has 2 rings (SSSR count). The van der Waals surface area contributed by atoms with E-state index in [4.69, 9.17) is 13.9 Å². The number of ether oxygens (including phenoxy) is 2. The molecule has 0 spiro atoms. The lowest BCUT2D eigenvalue weighted by Crippen LogP contribution is -2.39. The summed E-state index contributed by atoms with van der Waals surface area (Å²) in [5.74, 6) is 2.76. The Labute approximate surface area is 170 Å². The zero-order valence-corrected chi connectivity index (χ0v) is 17.5. The van der Waals surface area contributed by atoms with Crippen LogP contribution in [0.4, 0.5) is 0 Å². The minimum absolute atomic E-state index is 0. The van der Waals surface area contributed by atoms with E-state index in [1.165, 1.54) is 0 Å². The van der Waals surface area contributed by atoms with Gasteiger partial charge in [-0.25, -0.2) is 4.98 Å². The van der Waals surface area contributed by atoms with Crippen LogP contribution in [0.1, 0.15) is 12.2 Å². The largest absolute Gasteiger partial charge is 0.461 e. The van der Waals surface area contributed by atoms with Gasteiger partial charge in [0.2, 0.25) is 5.82 Å². The van der Waals surface area contributed by atoms with Crippen molar-refractivity contribution in [2.45, 2.75) is 12.8 Å². The summed E-state index contributed by atoms with van der Waals surface area (Å²) >= 11 is 0. The molecule has 0 aliphatic carbocycles. The van der Waals surface area contributed by atoms with Crippen LogP contribution in [0.3, 0.4) is 0 Å². The first-order chi connectivity index (χ1) is 12.3. The Morgan fingerprint density at radius 2 is 2.12 bits per heavy atom. The van der Waals surface area contributed by atoms with Crippen molar-refractivity contribution < 1.29 is 13.9 Å². The van der Waals surface area contributed by atoms with Crippen molar-refractivity contribution >= 4 is 29.9 Å². The van der Waals surface area contributed by atoms with Gasteiger partial charge in [0.15, 0.2) is 11.7 Å². The third-order valence-corrected chi connectivity index (χ3v) is 3.34. The molecule has 26 heavy (non-hydrogen) atoms. The molecule has 2 aromatic rings. The van der Waals surface area contributed by atoms with Crippen molar-refractivity contribution in [2.75, 3.05) is 47.1 Å². The van der Waals surface area contributed by atoms with Gasteiger partial charge in [-0.1, -0.05) is 0 Å². The van der Waals surface area contributed by atoms with E-state index in [1.807, 2.05) is 12.1 Å². The smallest absolute Gasteiger partial charge is 0.216 e. The fraction of sp³-hybridized carbons (Fsp3) is 0.562. The van der Waals surface area contributed by atoms with Crippen LogP contribution in [0.25, 0.3) is 11.6 Å². The van der Waals surface area contributed by atoms with E-state index in [-0.39, 0.29) is 24.0 Å². The number of halogens is 1. The summed E-state index contributed by atoms with van der Waals surface area (Å²) in [4.78, 5) is 8.58. The lowest BCUT2D eigenvalue weighted by Gasteiger charge is -2.11. The highest BCUT2D eigenvalue weighted by Crippen LogP contribution is 2.14. The summed E-state index contributed by atoms with van der Waals surface area (Å²) in [5, 5.41) is 13.5. The number of aromatic nitrogens is 3. The minimum atomic E-state index is 0. The van der Waals surface area contributed by atoms with Gasteiger partial charge in [0.1, 0.15) is 5.82 Å². The minimum Gasteiger partial charge on any atom is -0.461 e. The van der Waals surface area contributed by atoms with E-state index in [0.29, 0.717) is 44.4 Å². The number of aliphatic imine (C=N–C) groups is 1. The molecular weight excluding hydrogens is 451 g/mol. The second kappa shape index (κ2) is 13.5. The van der Waals surface area contributed by atoms with Crippen molar-refractivity contribution in [1.29, 1.82) is 0 Å². The number of H-pyrrole nitrogens is 1. The first kappa shape index (κ1) is 22.4. The van der Waals surface area contributed by atoms with Gasteiger partial charge in [-0.15, -0.1) is 24.0 Å². The number of hydrogen-bond donors (Lipinski definition) is 3. The first-order valence-electron chi connectivity index (χ1n) is 8.30. The van der Waals surface area contributed by atoms with Crippen LogP contribution >= 0.6 is 24.0 Å². The van der Waals surface area contributed by atoms with Crippen LogP contribution in [-0.4, -0.2) is 68.2 Å². The standard InChI is InChI=1S/C16H26N6O3.HI/c1-17-16(18-7-4-9-24-12-11-23-2)19-8-6-14-20-15(22-21-14)13-5-3-10-25-13;/h3,5,10H,4,6-9,11-12H2,1-2H3,(H2,17,18,19)(H,20,21,22);1H. The van der Waals surface area contributed by atoms with Gasteiger partial charge in [-0.3, -0.25) is 10.1 Å². The van der Waals surface area contributed by atoms with Gasteiger partial charge in [-0.2, -0.15) is 5.10 Å². The number of rotatable bonds is 11. The fourth-order valence-electron chi connectivity index (χ4n) is 2.07. The zero-order chi connectivity index (χ0) is 17.7. The van der Waals surface area contributed by atoms with Crippen LogP contribution in [-0.2, 0) is 15.9 Å². The molecule has 0 saturated carbocycles. The number of nitrogens with one attached hydrogen (secondary N) is 3. The Hall–Kier alpha value is -1.66. The quantitative estimate of drug-likeness (QED) is 0.194. The first-order valence-corrected chi connectivity index (χ1v) is 8.30. The molecule has 2 heterocycles. The molecule has 146 valence electrons. The van der Waals surface area contributed by atoms with E-state index in [0.717, 1.165) is 24.7 Å². The van der Waals surface area contributed by atoms with Crippen LogP contribution in [0, 0.1) is 0 Å². The molecule has 0 radical (unpaired) electrons. The molecule has 2 aromatic heterocycles. The van der Waals surface area contributed by atoms with E-state index in [1.54, 1.807) is 20.4 Å². The van der Waals surface area contributed by atoms with E-state index < -0.39 is 0 Å². The highest BCUT2D eigenvalue weighted by molar-refractivity contribution is 14.0. The third-order valence-electron chi connectivity index (χ3n) is 3.34. The molecule has 0 saturated heterocycles. The van der Waals surface area contributed by atoms with E-state index in [2.05, 4.69) is 30.8 Å². The molecule has 0 fully saturated rings. The summed E-state index contributed by atoms with van der Waals surface area (Å²) < 4.78 is 15.6. The predicted octanol–water partition coefficient (Wildman–Crippen LogP) is 1.44. The molecule has 0 aliphatic rings. The highest BCUT2D eigenvalue weighted by atomic mass is 127. The van der Waals surface area contributed by atoms with Gasteiger partial charge < -0.3 is 24.5 Å². The lowest BCUT2D eigenvalue weighted by atomic mass is 10.4. The van der Waals surface area contributed by atoms with Crippen LogP contribution in [0.5, 0.6) is 0 Å². The Morgan fingerprint density at radius 1 is 1.27 bits per heavy atom. The normalized spacial score (nSPS) is 11.2. The average Bonchev–Trinajstić information content (AvgIpc) is 3.30. The predicted molar refractivity (Wildman–Crippen MR) is 110 cm³/mol. The monoisotopic (exact) mass is 478 g/mol. The molecule has 0 aliphatic heterocycles. The number of nitrogens with zero attached hydrogens (tertiary/aromatic N) is 3. The summed E-state index contributed by atoms with van der Waals surface area (Å²) in [6, 6.07) is 3.64. The third kappa shape index (κ3) is 8.15. The molecule has 0 aromatic carbocycles. The zero-order valence-electron chi connectivity index (χ0n) is 15.2. The van der Waals surface area contributed by atoms with Crippen LogP contribution in [0.2, 0.25) is 0 Å². The lowest BCUT2D eigenvalue weighted by molar-refractivity contribution is 0.0698. The highest BCUT2D eigenvalue weighted by Gasteiger charge is 2.08. The maximum atomic E-state index is 5.41. The fourth-order valence-corrected chi connectivity index (χ4v) is 2.07. The van der Waals surface area contributed by atoms with Crippen LogP contribution < -0.4 is 10.6 Å². The second-order valence-corrected chi connectivity index (χ2v) is 5.22. The van der Waals surface area contributed by atoms with Crippen molar-refractivity contribution in [3.05, 3.63) is 24.2 Å². The summed E-state index contributed by atoms with van der Waals surface area (Å²) in [6.45, 7) is 3.43. The summed E-state index contributed by atoms with van der Waals surface area (Å²) in [6.07, 6.45) is 3.21. The molecule has 0 amide bonds. The topological polar surface area (TPSA) is 110 Å². The Bertz CT molecular complexity index is 617. The summed E-state index contributed by atoms with van der Waals surface area (Å²) in [7, 11) is 3.41. The molecule has 0 bridgehead atoms. The van der Waals surface area contributed by atoms with Crippen molar-refractivity contribution in [1.82, 2.24) is 25.8 Å². The molecule has 10 heteroatoms. The SMILES string of the molecule is CN=C(NCCCOCCOC)NCCc1nc(-c2ccco2)n[nH]1.I. The Kier molecular flexibility index (Phi) is 11.6. The molecule has 0 atom stereocenters. The number of furan rings is 1. The molecular formula is C16H27IN6O3. The average molecular weight is 478 g/mol. The number of methoxy groups -OCH3 is 1. The Morgan fingerprint density at radius 3 is 2.85 bits per heavy atom. The maximum Gasteiger partial charge on any atom is 0.216 e. The molecule has 9 nitrogen and oxygen atoms in total. The van der Waals surface area contributed by atoms with Crippen LogP contribution in [0.15, 0.2) is 27.8 Å².